The first-order valence-corrected chi connectivity index (χ1v) is 7.61. The number of hydrogen-bond donors (Lipinski definition) is 3. The van der Waals surface area contributed by atoms with Gasteiger partial charge in [0.1, 0.15) is 11.5 Å². The lowest BCUT2D eigenvalue weighted by Gasteiger charge is -2.06. The first kappa shape index (κ1) is 18.0. The van der Waals surface area contributed by atoms with Gasteiger partial charge in [0.2, 0.25) is 11.8 Å². The summed E-state index contributed by atoms with van der Waals surface area (Å²) in [6.45, 7) is 0. The van der Waals surface area contributed by atoms with Crippen LogP contribution in [0.15, 0.2) is 53.6 Å². The van der Waals surface area contributed by atoms with Crippen molar-refractivity contribution in [3.05, 3.63) is 54.1 Å². The van der Waals surface area contributed by atoms with E-state index in [9.17, 15) is 9.59 Å². The standard InChI is InChI=1S/C18H19N3O4/c1-25-16-8-4-14(5-9-16)20-17(23)10-11-18(24)21-19-12-13-2-6-15(22)7-3-13/h2-9,12,22H,10-11H2,1H3,(H,20,23)(H,21,24). The van der Waals surface area contributed by atoms with Crippen molar-refractivity contribution < 1.29 is 19.4 Å². The van der Waals surface area contributed by atoms with E-state index in [0.717, 1.165) is 5.56 Å². The first-order valence-electron chi connectivity index (χ1n) is 7.61. The van der Waals surface area contributed by atoms with Gasteiger partial charge in [-0.2, -0.15) is 5.10 Å². The molecule has 0 unspecified atom stereocenters. The number of hydrogen-bond acceptors (Lipinski definition) is 5. The van der Waals surface area contributed by atoms with Gasteiger partial charge in [-0.15, -0.1) is 0 Å². The van der Waals surface area contributed by atoms with Gasteiger partial charge in [0.05, 0.1) is 13.3 Å². The Balaban J connectivity index is 1.71. The Bertz CT molecular complexity index is 740. The molecule has 0 saturated heterocycles. The van der Waals surface area contributed by atoms with Crippen LogP contribution in [-0.4, -0.2) is 30.2 Å². The summed E-state index contributed by atoms with van der Waals surface area (Å²) in [5.74, 6) is 0.232. The fourth-order valence-corrected chi connectivity index (χ4v) is 1.92. The number of aromatic hydroxyl groups is 1. The monoisotopic (exact) mass is 341 g/mol. The third-order valence-corrected chi connectivity index (χ3v) is 3.25. The topological polar surface area (TPSA) is 100 Å². The van der Waals surface area contributed by atoms with Crippen LogP contribution in [0.5, 0.6) is 11.5 Å². The molecule has 2 aromatic rings. The van der Waals surface area contributed by atoms with Crippen molar-refractivity contribution in [3.63, 3.8) is 0 Å². The average Bonchev–Trinajstić information content (AvgIpc) is 2.62. The van der Waals surface area contributed by atoms with E-state index < -0.39 is 0 Å². The van der Waals surface area contributed by atoms with Gasteiger partial charge in [0.25, 0.3) is 0 Å². The summed E-state index contributed by atoms with van der Waals surface area (Å²) >= 11 is 0. The minimum atomic E-state index is -0.361. The van der Waals surface area contributed by atoms with Gasteiger partial charge in [-0.25, -0.2) is 5.43 Å². The molecular formula is C18H19N3O4. The summed E-state index contributed by atoms with van der Waals surface area (Å²) in [5, 5.41) is 15.7. The molecule has 0 spiro atoms. The van der Waals surface area contributed by atoms with E-state index >= 15 is 0 Å². The fourth-order valence-electron chi connectivity index (χ4n) is 1.92. The minimum Gasteiger partial charge on any atom is -0.508 e. The van der Waals surface area contributed by atoms with Gasteiger partial charge in [0, 0.05) is 18.5 Å². The van der Waals surface area contributed by atoms with Crippen LogP contribution in [0.4, 0.5) is 5.69 Å². The highest BCUT2D eigenvalue weighted by Crippen LogP contribution is 2.15. The molecule has 2 rings (SSSR count). The summed E-state index contributed by atoms with van der Waals surface area (Å²) in [5.41, 5.74) is 3.72. The second-order valence-corrected chi connectivity index (χ2v) is 5.16. The third kappa shape index (κ3) is 6.34. The van der Waals surface area contributed by atoms with Crippen molar-refractivity contribution in [1.82, 2.24) is 5.43 Å². The smallest absolute Gasteiger partial charge is 0.240 e. The lowest BCUT2D eigenvalue weighted by molar-refractivity contribution is -0.124. The van der Waals surface area contributed by atoms with Crippen molar-refractivity contribution in [3.8, 4) is 11.5 Å². The summed E-state index contributed by atoms with van der Waals surface area (Å²) in [6.07, 6.45) is 1.52. The van der Waals surface area contributed by atoms with Gasteiger partial charge in [0.15, 0.2) is 0 Å². The van der Waals surface area contributed by atoms with E-state index in [-0.39, 0.29) is 30.4 Å². The van der Waals surface area contributed by atoms with Crippen LogP contribution >= 0.6 is 0 Å². The zero-order chi connectivity index (χ0) is 18.1. The predicted molar refractivity (Wildman–Crippen MR) is 94.7 cm³/mol. The largest absolute Gasteiger partial charge is 0.508 e. The Labute approximate surface area is 145 Å². The maximum atomic E-state index is 11.8. The van der Waals surface area contributed by atoms with E-state index in [4.69, 9.17) is 9.84 Å². The molecule has 0 aliphatic rings. The second kappa shape index (κ2) is 9.07. The Morgan fingerprint density at radius 3 is 2.32 bits per heavy atom. The molecule has 2 amide bonds. The number of phenols is 1. The molecule has 0 aliphatic heterocycles. The number of amides is 2. The van der Waals surface area contributed by atoms with Gasteiger partial charge in [-0.1, -0.05) is 0 Å². The number of methoxy groups -OCH3 is 1. The zero-order valence-electron chi connectivity index (χ0n) is 13.7. The molecule has 25 heavy (non-hydrogen) atoms. The van der Waals surface area contributed by atoms with E-state index in [1.54, 1.807) is 43.5 Å². The van der Waals surface area contributed by atoms with Crippen LogP contribution in [-0.2, 0) is 9.59 Å². The molecule has 0 heterocycles. The Morgan fingerprint density at radius 2 is 1.68 bits per heavy atom. The van der Waals surface area contributed by atoms with Crippen molar-refractivity contribution in [1.29, 1.82) is 0 Å². The molecule has 0 aliphatic carbocycles. The number of anilines is 1. The van der Waals surface area contributed by atoms with Crippen molar-refractivity contribution in [2.24, 2.45) is 5.10 Å². The Morgan fingerprint density at radius 1 is 1.04 bits per heavy atom. The number of rotatable bonds is 7. The van der Waals surface area contributed by atoms with Gasteiger partial charge < -0.3 is 15.2 Å². The molecule has 0 aromatic heterocycles. The van der Waals surface area contributed by atoms with Crippen molar-refractivity contribution in [2.75, 3.05) is 12.4 Å². The minimum absolute atomic E-state index is 0.0227. The van der Waals surface area contributed by atoms with Crippen LogP contribution in [0.1, 0.15) is 18.4 Å². The fraction of sp³-hybridized carbons (Fsp3) is 0.167. The number of nitrogens with zero attached hydrogens (tertiary/aromatic N) is 1. The molecule has 2 aromatic carbocycles. The summed E-state index contributed by atoms with van der Waals surface area (Å²) in [6, 6.07) is 13.3. The summed E-state index contributed by atoms with van der Waals surface area (Å²) in [4.78, 5) is 23.5. The quantitative estimate of drug-likeness (QED) is 0.531. The number of phenolic OH excluding ortho intramolecular Hbond substituents is 1. The summed E-state index contributed by atoms with van der Waals surface area (Å²) in [7, 11) is 1.57. The second-order valence-electron chi connectivity index (χ2n) is 5.16. The Kier molecular flexibility index (Phi) is 6.53. The highest BCUT2D eigenvalue weighted by molar-refractivity contribution is 5.93. The molecule has 7 nitrogen and oxygen atoms in total. The molecule has 0 atom stereocenters. The molecule has 130 valence electrons. The third-order valence-electron chi connectivity index (χ3n) is 3.25. The SMILES string of the molecule is COc1ccc(NC(=O)CCC(=O)NN=Cc2ccc(O)cc2)cc1. The van der Waals surface area contributed by atoms with E-state index in [1.807, 2.05) is 0 Å². The maximum Gasteiger partial charge on any atom is 0.240 e. The van der Waals surface area contributed by atoms with Crippen LogP contribution < -0.4 is 15.5 Å². The normalized spacial score (nSPS) is 10.4. The molecular weight excluding hydrogens is 322 g/mol. The van der Waals surface area contributed by atoms with Gasteiger partial charge >= 0.3 is 0 Å². The van der Waals surface area contributed by atoms with Crippen LogP contribution in [0, 0.1) is 0 Å². The zero-order valence-corrected chi connectivity index (χ0v) is 13.7. The van der Waals surface area contributed by atoms with Crippen LogP contribution in [0.25, 0.3) is 0 Å². The molecule has 7 heteroatoms. The Hall–Kier alpha value is -3.35. The number of nitrogens with one attached hydrogen (secondary N) is 2. The van der Waals surface area contributed by atoms with E-state index in [2.05, 4.69) is 15.8 Å². The number of hydrazone groups is 1. The van der Waals surface area contributed by atoms with Gasteiger partial charge in [-0.05, 0) is 54.1 Å². The first-order chi connectivity index (χ1) is 12.1. The number of carbonyl (C=O) groups is 2. The lowest BCUT2D eigenvalue weighted by atomic mass is 10.2. The van der Waals surface area contributed by atoms with Gasteiger partial charge in [-0.3, -0.25) is 9.59 Å². The maximum absolute atomic E-state index is 11.8. The van der Waals surface area contributed by atoms with Crippen molar-refractivity contribution >= 4 is 23.7 Å². The molecule has 0 fully saturated rings. The van der Waals surface area contributed by atoms with Crippen molar-refractivity contribution in [2.45, 2.75) is 12.8 Å². The lowest BCUT2D eigenvalue weighted by Crippen LogP contribution is -2.20. The highest BCUT2D eigenvalue weighted by atomic mass is 16.5. The van der Waals surface area contributed by atoms with Crippen LogP contribution in [0.2, 0.25) is 0 Å². The number of benzene rings is 2. The number of carbonyl (C=O) groups excluding carboxylic acids is 2. The van der Waals surface area contributed by atoms with E-state index in [0.29, 0.717) is 11.4 Å². The highest BCUT2D eigenvalue weighted by Gasteiger charge is 2.06. The molecule has 0 bridgehead atoms. The molecule has 0 radical (unpaired) electrons. The average molecular weight is 341 g/mol. The molecule has 0 saturated carbocycles. The number of ether oxygens (including phenoxy) is 1. The van der Waals surface area contributed by atoms with E-state index in [1.165, 1.54) is 18.3 Å². The molecule has 3 N–H and O–H groups in total. The summed E-state index contributed by atoms with van der Waals surface area (Å²) < 4.78 is 5.04. The predicted octanol–water partition coefficient (Wildman–Crippen LogP) is 2.27. The van der Waals surface area contributed by atoms with Crippen LogP contribution in [0.3, 0.4) is 0 Å².